The molecule has 0 radical (unpaired) electrons. The summed E-state index contributed by atoms with van der Waals surface area (Å²) >= 11 is 1.51. The van der Waals surface area contributed by atoms with Crippen LogP contribution in [-0.4, -0.2) is 30.1 Å². The molecule has 1 aromatic heterocycles. The van der Waals surface area contributed by atoms with E-state index in [1.807, 2.05) is 31.4 Å². The molecule has 1 aliphatic heterocycles. The fraction of sp³-hybridized carbons (Fsp3) is 0.450. The first kappa shape index (κ1) is 19.6. The van der Waals surface area contributed by atoms with E-state index in [0.29, 0.717) is 17.7 Å². The van der Waals surface area contributed by atoms with Crippen LogP contribution in [0.15, 0.2) is 46.1 Å². The summed E-state index contributed by atoms with van der Waals surface area (Å²) in [4.78, 5) is 7.57. The topological polar surface area (TPSA) is 15.6 Å². The Kier molecular flexibility index (Phi) is 7.12. The molecule has 1 saturated heterocycles. The van der Waals surface area contributed by atoms with Crippen molar-refractivity contribution in [3.05, 3.63) is 51.5 Å². The zero-order chi connectivity index (χ0) is 18.4. The summed E-state index contributed by atoms with van der Waals surface area (Å²) in [5, 5.41) is 1.97. The SMILES string of the molecule is C=Cc1csc(C(/C=C(\C)N2CCCC2)=N\C(=C(/C)CC)C(F)F)c1. The molecule has 0 amide bonds. The molecule has 0 bridgehead atoms. The maximum atomic E-state index is 13.5. The lowest BCUT2D eigenvalue weighted by atomic mass is 10.1. The second-order valence-corrected chi connectivity index (χ2v) is 7.16. The fourth-order valence-corrected chi connectivity index (χ4v) is 3.61. The van der Waals surface area contributed by atoms with Gasteiger partial charge in [-0.1, -0.05) is 19.6 Å². The van der Waals surface area contributed by atoms with Gasteiger partial charge in [0.2, 0.25) is 0 Å². The summed E-state index contributed by atoms with van der Waals surface area (Å²) in [6.45, 7) is 11.4. The molecule has 2 rings (SSSR count). The van der Waals surface area contributed by atoms with Gasteiger partial charge < -0.3 is 4.90 Å². The van der Waals surface area contributed by atoms with Crippen LogP contribution < -0.4 is 0 Å². The van der Waals surface area contributed by atoms with E-state index in [1.165, 1.54) is 24.2 Å². The molecular formula is C20H26F2N2S. The molecule has 0 spiro atoms. The minimum atomic E-state index is -2.57. The Labute approximate surface area is 153 Å². The van der Waals surface area contributed by atoms with Gasteiger partial charge >= 0.3 is 0 Å². The monoisotopic (exact) mass is 364 g/mol. The summed E-state index contributed by atoms with van der Waals surface area (Å²) < 4.78 is 27.0. The average Bonchev–Trinajstić information content (AvgIpc) is 3.28. The molecule has 5 heteroatoms. The quantitative estimate of drug-likeness (QED) is 0.531. The highest BCUT2D eigenvalue weighted by atomic mass is 32.1. The van der Waals surface area contributed by atoms with Gasteiger partial charge in [0, 0.05) is 18.8 Å². The van der Waals surface area contributed by atoms with E-state index in [0.717, 1.165) is 29.2 Å². The molecule has 0 aliphatic carbocycles. The van der Waals surface area contributed by atoms with Crippen LogP contribution >= 0.6 is 11.3 Å². The van der Waals surface area contributed by atoms with Gasteiger partial charge in [-0.3, -0.25) is 0 Å². The Morgan fingerprint density at radius 1 is 1.36 bits per heavy atom. The lowest BCUT2D eigenvalue weighted by molar-refractivity contribution is 0.186. The zero-order valence-corrected chi connectivity index (χ0v) is 16.0. The minimum absolute atomic E-state index is 0.114. The number of alkyl halides is 2. The first-order valence-electron chi connectivity index (χ1n) is 8.67. The van der Waals surface area contributed by atoms with Crippen molar-refractivity contribution >= 4 is 23.1 Å². The highest BCUT2D eigenvalue weighted by Crippen LogP contribution is 2.24. The van der Waals surface area contributed by atoms with E-state index in [4.69, 9.17) is 0 Å². The largest absolute Gasteiger partial charge is 0.375 e. The summed E-state index contributed by atoms with van der Waals surface area (Å²) in [7, 11) is 0. The molecule has 2 heterocycles. The van der Waals surface area contributed by atoms with Crippen molar-refractivity contribution in [1.82, 2.24) is 4.90 Å². The number of hydrogen-bond acceptors (Lipinski definition) is 3. The number of aliphatic imine (C=N–C) groups is 1. The number of allylic oxidation sites excluding steroid dienone is 4. The van der Waals surface area contributed by atoms with Crippen molar-refractivity contribution in [3.63, 3.8) is 0 Å². The van der Waals surface area contributed by atoms with Gasteiger partial charge in [-0.05, 0) is 61.8 Å². The molecule has 25 heavy (non-hydrogen) atoms. The molecule has 0 N–H and O–H groups in total. The smallest absolute Gasteiger partial charge is 0.280 e. The maximum absolute atomic E-state index is 13.5. The van der Waals surface area contributed by atoms with Crippen LogP contribution in [0.4, 0.5) is 8.78 Å². The van der Waals surface area contributed by atoms with Crippen LogP contribution in [-0.2, 0) is 0 Å². The molecule has 1 aliphatic rings. The first-order valence-corrected chi connectivity index (χ1v) is 9.55. The van der Waals surface area contributed by atoms with E-state index in [2.05, 4.69) is 16.5 Å². The van der Waals surface area contributed by atoms with Gasteiger partial charge in [0.15, 0.2) is 0 Å². The van der Waals surface area contributed by atoms with Crippen LogP contribution in [0.1, 0.15) is 50.5 Å². The van der Waals surface area contributed by atoms with E-state index >= 15 is 0 Å². The summed E-state index contributed by atoms with van der Waals surface area (Å²) in [5.41, 5.74) is 3.17. The number of halogens is 2. The van der Waals surface area contributed by atoms with Crippen LogP contribution in [0.3, 0.4) is 0 Å². The number of thiophene rings is 1. The van der Waals surface area contributed by atoms with E-state index in [9.17, 15) is 8.78 Å². The number of likely N-dealkylation sites (tertiary alicyclic amines) is 1. The first-order chi connectivity index (χ1) is 12.0. The van der Waals surface area contributed by atoms with Crippen molar-refractivity contribution in [3.8, 4) is 0 Å². The molecule has 0 atom stereocenters. The number of rotatable bonds is 7. The Bertz CT molecular complexity index is 692. The second-order valence-electron chi connectivity index (χ2n) is 6.25. The third kappa shape index (κ3) is 5.11. The molecule has 0 saturated carbocycles. The summed E-state index contributed by atoms with van der Waals surface area (Å²) in [6.07, 6.45) is 4.04. The lowest BCUT2D eigenvalue weighted by Gasteiger charge is -2.18. The molecule has 1 aromatic rings. The molecule has 0 unspecified atom stereocenters. The zero-order valence-electron chi connectivity index (χ0n) is 15.2. The molecule has 136 valence electrons. The lowest BCUT2D eigenvalue weighted by Crippen LogP contribution is -2.17. The van der Waals surface area contributed by atoms with Crippen molar-refractivity contribution in [2.24, 2.45) is 4.99 Å². The molecular weight excluding hydrogens is 338 g/mol. The Hall–Kier alpha value is -1.75. The van der Waals surface area contributed by atoms with Crippen LogP contribution in [0.5, 0.6) is 0 Å². The number of nitrogens with zero attached hydrogens (tertiary/aromatic N) is 2. The standard InChI is InChI=1S/C20H26F2N2S/c1-5-14(3)19(20(21)22)23-17(18-12-16(6-2)13-25-18)11-15(4)24-9-7-8-10-24/h6,11-13,20H,2,5,7-10H2,1,3-4H3/b15-11+,19-14+,23-17-. The predicted octanol–water partition coefficient (Wildman–Crippen LogP) is 6.13. The second kappa shape index (κ2) is 9.09. The summed E-state index contributed by atoms with van der Waals surface area (Å²) in [5.74, 6) is 0. The van der Waals surface area contributed by atoms with Crippen molar-refractivity contribution < 1.29 is 8.78 Å². The minimum Gasteiger partial charge on any atom is -0.375 e. The van der Waals surface area contributed by atoms with Crippen molar-refractivity contribution in [1.29, 1.82) is 0 Å². The van der Waals surface area contributed by atoms with Gasteiger partial charge in [-0.15, -0.1) is 11.3 Å². The van der Waals surface area contributed by atoms with Gasteiger partial charge in [-0.25, -0.2) is 13.8 Å². The van der Waals surface area contributed by atoms with Crippen LogP contribution in [0, 0.1) is 0 Å². The highest BCUT2D eigenvalue weighted by molar-refractivity contribution is 7.12. The predicted molar refractivity (Wildman–Crippen MR) is 105 cm³/mol. The fourth-order valence-electron chi connectivity index (χ4n) is 2.75. The molecule has 2 nitrogen and oxygen atoms in total. The molecule has 0 aromatic carbocycles. The number of hydrogen-bond donors (Lipinski definition) is 0. The van der Waals surface area contributed by atoms with E-state index in [-0.39, 0.29) is 5.70 Å². The third-order valence-electron chi connectivity index (χ3n) is 4.47. The average molecular weight is 365 g/mol. The Balaban J connectivity index is 2.49. The van der Waals surface area contributed by atoms with Crippen molar-refractivity contribution in [2.75, 3.05) is 13.1 Å². The summed E-state index contributed by atoms with van der Waals surface area (Å²) in [6, 6.07) is 1.95. The van der Waals surface area contributed by atoms with Gasteiger partial charge in [-0.2, -0.15) is 0 Å². The Morgan fingerprint density at radius 2 is 2.04 bits per heavy atom. The van der Waals surface area contributed by atoms with Gasteiger partial charge in [0.25, 0.3) is 6.43 Å². The van der Waals surface area contributed by atoms with Crippen molar-refractivity contribution in [2.45, 2.75) is 46.5 Å². The normalized spacial score (nSPS) is 17.3. The van der Waals surface area contributed by atoms with Crippen LogP contribution in [0.2, 0.25) is 0 Å². The van der Waals surface area contributed by atoms with Crippen LogP contribution in [0.25, 0.3) is 6.08 Å². The van der Waals surface area contributed by atoms with E-state index < -0.39 is 6.43 Å². The maximum Gasteiger partial charge on any atom is 0.280 e. The Morgan fingerprint density at radius 3 is 2.56 bits per heavy atom. The third-order valence-corrected chi connectivity index (χ3v) is 5.44. The highest BCUT2D eigenvalue weighted by Gasteiger charge is 2.17. The van der Waals surface area contributed by atoms with E-state index in [1.54, 1.807) is 13.0 Å². The van der Waals surface area contributed by atoms with Gasteiger partial charge in [0.05, 0.1) is 10.6 Å². The van der Waals surface area contributed by atoms with Gasteiger partial charge in [0.1, 0.15) is 5.70 Å². The molecule has 1 fully saturated rings.